The van der Waals surface area contributed by atoms with Crippen LogP contribution in [0, 0.1) is 12.7 Å². The smallest absolute Gasteiger partial charge is 0.235 e. The maximum Gasteiger partial charge on any atom is 0.235 e. The van der Waals surface area contributed by atoms with Gasteiger partial charge in [-0.1, -0.05) is 47.4 Å². The van der Waals surface area contributed by atoms with E-state index >= 15 is 0 Å². The number of fused-ring (bicyclic) bond motifs is 1. The summed E-state index contributed by atoms with van der Waals surface area (Å²) in [5, 5.41) is 11.8. The van der Waals surface area contributed by atoms with Crippen LogP contribution < -0.4 is 5.32 Å². The predicted molar refractivity (Wildman–Crippen MR) is 119 cm³/mol. The summed E-state index contributed by atoms with van der Waals surface area (Å²) in [5.41, 5.74) is 2.96. The second-order valence-corrected chi connectivity index (χ2v) is 9.05. The number of carbonyl (C=O) groups excluding carboxylic acids is 1. The van der Waals surface area contributed by atoms with Crippen molar-refractivity contribution in [2.24, 2.45) is 9.98 Å². The van der Waals surface area contributed by atoms with Gasteiger partial charge in [0.05, 0.1) is 23.0 Å². The van der Waals surface area contributed by atoms with Crippen LogP contribution in [0.15, 0.2) is 62.9 Å². The van der Waals surface area contributed by atoms with Crippen LogP contribution in [0.3, 0.4) is 0 Å². The van der Waals surface area contributed by atoms with Gasteiger partial charge in [0.15, 0.2) is 4.34 Å². The number of aryl methyl sites for hydroxylation is 1. The molecule has 1 aromatic heterocycles. The number of benzene rings is 2. The molecule has 0 unspecified atom stereocenters. The second-order valence-electron chi connectivity index (χ2n) is 6.65. The Labute approximate surface area is 181 Å². The van der Waals surface area contributed by atoms with E-state index < -0.39 is 5.92 Å². The lowest BCUT2D eigenvalue weighted by Crippen LogP contribution is -2.38. The molecule has 30 heavy (non-hydrogen) atoms. The third kappa shape index (κ3) is 4.63. The summed E-state index contributed by atoms with van der Waals surface area (Å²) in [4.78, 5) is 22.1. The Balaban J connectivity index is 1.63. The minimum absolute atomic E-state index is 0.182. The van der Waals surface area contributed by atoms with Gasteiger partial charge in [0.1, 0.15) is 16.7 Å². The van der Waals surface area contributed by atoms with Crippen molar-refractivity contribution in [2.75, 3.05) is 5.75 Å². The maximum absolute atomic E-state index is 13.5. The van der Waals surface area contributed by atoms with Crippen LogP contribution in [0.4, 0.5) is 15.8 Å². The van der Waals surface area contributed by atoms with E-state index in [0.29, 0.717) is 11.5 Å². The van der Waals surface area contributed by atoms with Gasteiger partial charge in [-0.25, -0.2) is 9.38 Å². The summed E-state index contributed by atoms with van der Waals surface area (Å²) < 4.78 is 14.2. The molecule has 1 N–H and O–H groups in total. The number of carbonyl (C=O) groups is 1. The first-order chi connectivity index (χ1) is 14.5. The lowest BCUT2D eigenvalue weighted by molar-refractivity contribution is -0.117. The number of nitrogens with one attached hydrogen (secondary N) is 1. The fraction of sp³-hybridized carbons (Fsp3) is 0.190. The minimum Gasteiger partial charge on any atom is -0.313 e. The number of nitrogens with zero attached hydrogens (tertiary/aromatic N) is 4. The van der Waals surface area contributed by atoms with Crippen LogP contribution >= 0.6 is 23.1 Å². The van der Waals surface area contributed by atoms with Crippen molar-refractivity contribution in [3.8, 4) is 0 Å². The van der Waals surface area contributed by atoms with Crippen LogP contribution in [0.25, 0.3) is 0 Å². The molecule has 152 valence electrons. The van der Waals surface area contributed by atoms with Crippen LogP contribution in [-0.2, 0) is 4.79 Å². The largest absolute Gasteiger partial charge is 0.313 e. The van der Waals surface area contributed by atoms with E-state index in [2.05, 4.69) is 15.5 Å². The van der Waals surface area contributed by atoms with Gasteiger partial charge in [-0.15, -0.1) is 10.2 Å². The van der Waals surface area contributed by atoms with E-state index in [9.17, 15) is 9.18 Å². The number of aromatic nitrogens is 2. The molecule has 0 bridgehead atoms. The van der Waals surface area contributed by atoms with Crippen LogP contribution in [0.5, 0.6) is 0 Å². The Morgan fingerprint density at radius 1 is 1.07 bits per heavy atom. The number of hydrogen-bond acceptors (Lipinski definition) is 7. The number of aliphatic imine (C=N–C) groups is 2. The normalized spacial score (nSPS) is 15.6. The van der Waals surface area contributed by atoms with Gasteiger partial charge in [-0.2, -0.15) is 0 Å². The Hall–Kier alpha value is -2.91. The summed E-state index contributed by atoms with van der Waals surface area (Å²) in [6, 6.07) is 13.7. The van der Waals surface area contributed by atoms with Crippen molar-refractivity contribution in [2.45, 2.75) is 24.1 Å². The molecule has 3 aromatic rings. The minimum atomic E-state index is -0.393. The fourth-order valence-corrected chi connectivity index (χ4v) is 4.71. The highest BCUT2D eigenvalue weighted by atomic mass is 32.2. The quantitative estimate of drug-likeness (QED) is 0.592. The highest BCUT2D eigenvalue weighted by Gasteiger charge is 2.26. The third-order valence-corrected chi connectivity index (χ3v) is 6.39. The summed E-state index contributed by atoms with van der Waals surface area (Å²) >= 11 is 2.77. The molecule has 1 amide bonds. The molecule has 0 radical (unpaired) electrons. The van der Waals surface area contributed by atoms with E-state index in [-0.39, 0.29) is 17.5 Å². The number of amides is 1. The molecule has 6 nitrogen and oxygen atoms in total. The van der Waals surface area contributed by atoms with Gasteiger partial charge in [0, 0.05) is 5.71 Å². The molecule has 1 atom stereocenters. The molecule has 2 aromatic carbocycles. The van der Waals surface area contributed by atoms with Crippen LogP contribution in [0.2, 0.25) is 0 Å². The van der Waals surface area contributed by atoms with Crippen LogP contribution in [-0.4, -0.2) is 33.4 Å². The first-order valence-corrected chi connectivity index (χ1v) is 11.0. The summed E-state index contributed by atoms with van der Waals surface area (Å²) in [7, 11) is 0. The number of amidine groups is 1. The topological polar surface area (TPSA) is 79.6 Å². The molecule has 0 saturated heterocycles. The van der Waals surface area contributed by atoms with E-state index in [0.717, 1.165) is 26.3 Å². The summed E-state index contributed by atoms with van der Waals surface area (Å²) in [6.07, 6.45) is 0. The molecule has 0 saturated carbocycles. The third-order valence-electron chi connectivity index (χ3n) is 4.42. The molecule has 4 rings (SSSR count). The number of para-hydroxylation sites is 2. The molecule has 0 spiro atoms. The van der Waals surface area contributed by atoms with Gasteiger partial charge >= 0.3 is 0 Å². The van der Waals surface area contributed by atoms with Gasteiger partial charge < -0.3 is 5.32 Å². The van der Waals surface area contributed by atoms with Gasteiger partial charge in [0.2, 0.25) is 5.91 Å². The highest BCUT2D eigenvalue weighted by Crippen LogP contribution is 2.34. The average Bonchev–Trinajstić information content (AvgIpc) is 3.08. The summed E-state index contributed by atoms with van der Waals surface area (Å²) in [5.74, 6) is -0.272. The first-order valence-electron chi connectivity index (χ1n) is 9.20. The summed E-state index contributed by atoms with van der Waals surface area (Å²) in [6.45, 7) is 3.76. The van der Waals surface area contributed by atoms with Gasteiger partial charge in [-0.05, 0) is 43.7 Å². The first kappa shape index (κ1) is 20.4. The standard InChI is InChI=1S/C21H18FN5OS2/c1-12-19(14-7-9-15(22)10-8-14)20(24-17-6-4-3-5-16(17)23-12)25-18(28)11-29-21-27-26-13(2)30-21/h3-10,19H,11H2,1-2H3,(H,24,25,28)/t19-/m1/s1. The van der Waals surface area contributed by atoms with E-state index in [1.54, 1.807) is 12.1 Å². The van der Waals surface area contributed by atoms with Gasteiger partial charge in [0.25, 0.3) is 0 Å². The number of rotatable bonds is 4. The molecular weight excluding hydrogens is 421 g/mol. The average molecular weight is 440 g/mol. The number of hydrogen-bond donors (Lipinski definition) is 1. The zero-order valence-electron chi connectivity index (χ0n) is 16.3. The van der Waals surface area contributed by atoms with Crippen molar-refractivity contribution in [3.63, 3.8) is 0 Å². The van der Waals surface area contributed by atoms with Crippen molar-refractivity contribution in [3.05, 3.63) is 64.9 Å². The molecule has 0 aliphatic carbocycles. The number of halogens is 1. The van der Waals surface area contributed by atoms with Crippen LogP contribution in [0.1, 0.15) is 23.4 Å². The maximum atomic E-state index is 13.5. The SMILES string of the molecule is CC1=Nc2ccccc2N=C(NC(=O)CSc2nnc(C)s2)[C@H]1c1ccc(F)cc1. The lowest BCUT2D eigenvalue weighted by Gasteiger charge is -2.19. The Bertz CT molecular complexity index is 1140. The van der Waals surface area contributed by atoms with E-state index in [4.69, 9.17) is 9.98 Å². The van der Waals surface area contributed by atoms with Crippen molar-refractivity contribution in [1.29, 1.82) is 0 Å². The molecule has 0 fully saturated rings. The molecular formula is C21H18FN5OS2. The zero-order chi connectivity index (χ0) is 21.1. The fourth-order valence-electron chi connectivity index (χ4n) is 3.10. The Morgan fingerprint density at radius 3 is 2.43 bits per heavy atom. The number of thioether (sulfide) groups is 1. The predicted octanol–water partition coefficient (Wildman–Crippen LogP) is 4.81. The van der Waals surface area contributed by atoms with E-state index in [1.165, 1.54) is 35.2 Å². The molecule has 9 heteroatoms. The Kier molecular flexibility index (Phi) is 6.01. The van der Waals surface area contributed by atoms with Crippen molar-refractivity contribution < 1.29 is 9.18 Å². The van der Waals surface area contributed by atoms with Gasteiger partial charge in [-0.3, -0.25) is 9.79 Å². The van der Waals surface area contributed by atoms with Crippen molar-refractivity contribution >= 4 is 51.9 Å². The highest BCUT2D eigenvalue weighted by molar-refractivity contribution is 8.01. The Morgan fingerprint density at radius 2 is 1.77 bits per heavy atom. The molecule has 1 aliphatic heterocycles. The zero-order valence-corrected chi connectivity index (χ0v) is 17.9. The monoisotopic (exact) mass is 439 g/mol. The lowest BCUT2D eigenvalue weighted by atomic mass is 9.93. The second kappa shape index (κ2) is 8.85. The van der Waals surface area contributed by atoms with E-state index in [1.807, 2.05) is 38.1 Å². The van der Waals surface area contributed by atoms with Crippen molar-refractivity contribution in [1.82, 2.24) is 15.5 Å². The molecule has 1 aliphatic rings. The molecule has 2 heterocycles.